The van der Waals surface area contributed by atoms with Crippen molar-refractivity contribution in [1.82, 2.24) is 9.71 Å². The molecule has 0 bridgehead atoms. The van der Waals surface area contributed by atoms with Crippen molar-refractivity contribution in [1.29, 1.82) is 5.26 Å². The van der Waals surface area contributed by atoms with Crippen molar-refractivity contribution < 1.29 is 8.42 Å². The molecule has 8 heteroatoms. The second kappa shape index (κ2) is 5.47. The van der Waals surface area contributed by atoms with E-state index in [1.807, 2.05) is 6.07 Å². The van der Waals surface area contributed by atoms with E-state index in [9.17, 15) is 8.42 Å². The smallest absolute Gasteiger partial charge is 0.213 e. The molecule has 0 unspecified atom stereocenters. The normalized spacial score (nSPS) is 10.8. The summed E-state index contributed by atoms with van der Waals surface area (Å²) in [6.07, 6.45) is 0. The van der Waals surface area contributed by atoms with Gasteiger partial charge >= 0.3 is 0 Å². The van der Waals surface area contributed by atoms with Crippen molar-refractivity contribution in [2.24, 2.45) is 0 Å². The number of aromatic nitrogens is 1. The van der Waals surface area contributed by atoms with Gasteiger partial charge in [0.2, 0.25) is 10.0 Å². The predicted octanol–water partition coefficient (Wildman–Crippen LogP) is -0.503. The third-order valence-electron chi connectivity index (χ3n) is 2.02. The lowest BCUT2D eigenvalue weighted by atomic mass is 10.3. The molecule has 4 N–H and O–H groups in total. The van der Waals surface area contributed by atoms with E-state index in [0.717, 1.165) is 0 Å². The zero-order chi connectivity index (χ0) is 12.9. The van der Waals surface area contributed by atoms with Crippen molar-refractivity contribution in [3.05, 3.63) is 17.8 Å². The zero-order valence-corrected chi connectivity index (χ0v) is 10.1. The van der Waals surface area contributed by atoms with Crippen molar-refractivity contribution in [2.45, 2.75) is 0 Å². The molecule has 0 aromatic carbocycles. The number of hydrogen-bond acceptors (Lipinski definition) is 6. The summed E-state index contributed by atoms with van der Waals surface area (Å²) in [6.45, 7) is 0.199. The molecule has 0 radical (unpaired) electrons. The molecular formula is C9H13N5O2S. The van der Waals surface area contributed by atoms with Gasteiger partial charge in [0.25, 0.3) is 0 Å². The average molecular weight is 255 g/mol. The van der Waals surface area contributed by atoms with E-state index in [4.69, 9.17) is 11.0 Å². The summed E-state index contributed by atoms with van der Waals surface area (Å²) in [6, 6.07) is 4.97. The van der Waals surface area contributed by atoms with Crippen molar-refractivity contribution in [2.75, 3.05) is 30.4 Å². The fourth-order valence-electron chi connectivity index (χ4n) is 1.07. The molecule has 0 saturated carbocycles. The highest BCUT2D eigenvalue weighted by molar-refractivity contribution is 7.89. The Bertz CT molecular complexity index is 535. The van der Waals surface area contributed by atoms with Crippen LogP contribution in [0.25, 0.3) is 0 Å². The number of nitrogen functional groups attached to an aromatic ring is 1. The van der Waals surface area contributed by atoms with E-state index in [2.05, 4.69) is 15.0 Å². The lowest BCUT2D eigenvalue weighted by molar-refractivity contribution is 0.588. The molecule has 92 valence electrons. The van der Waals surface area contributed by atoms with Crippen LogP contribution < -0.4 is 15.8 Å². The number of nitrogens with two attached hydrogens (primary N) is 1. The topological polar surface area (TPSA) is 121 Å². The Morgan fingerprint density at radius 3 is 2.82 bits per heavy atom. The minimum absolute atomic E-state index is 0.0720. The molecule has 0 aliphatic carbocycles. The van der Waals surface area contributed by atoms with E-state index in [0.29, 0.717) is 11.5 Å². The number of nitriles is 1. The van der Waals surface area contributed by atoms with Gasteiger partial charge in [-0.1, -0.05) is 0 Å². The molecule has 0 aliphatic heterocycles. The number of nitrogens with one attached hydrogen (secondary N) is 2. The highest BCUT2D eigenvalue weighted by Gasteiger charge is 2.07. The van der Waals surface area contributed by atoms with Crippen LogP contribution in [0.2, 0.25) is 0 Å². The van der Waals surface area contributed by atoms with Gasteiger partial charge in [-0.25, -0.2) is 18.1 Å². The summed E-state index contributed by atoms with van der Waals surface area (Å²) in [4.78, 5) is 3.92. The standard InChI is InChI=1S/C9H13N5O2S/c1-12-17(15,16)5-4-13-9-3-2-7(11)8(6-10)14-9/h2-3,12H,4-5,11H2,1H3,(H,13,14). The lowest BCUT2D eigenvalue weighted by Crippen LogP contribution is -2.26. The molecule has 0 saturated heterocycles. The molecule has 1 heterocycles. The van der Waals surface area contributed by atoms with Gasteiger partial charge < -0.3 is 11.1 Å². The van der Waals surface area contributed by atoms with Crippen LogP contribution in [0.3, 0.4) is 0 Å². The van der Waals surface area contributed by atoms with Crippen LogP contribution in [0.15, 0.2) is 12.1 Å². The second-order valence-electron chi connectivity index (χ2n) is 3.20. The van der Waals surface area contributed by atoms with Gasteiger partial charge in [0.15, 0.2) is 5.69 Å². The first-order chi connectivity index (χ1) is 7.98. The Kier molecular flexibility index (Phi) is 4.25. The number of rotatable bonds is 5. The predicted molar refractivity (Wildman–Crippen MR) is 64.7 cm³/mol. The third kappa shape index (κ3) is 3.90. The maximum absolute atomic E-state index is 11.1. The Morgan fingerprint density at radius 2 is 2.24 bits per heavy atom. The van der Waals surface area contributed by atoms with E-state index in [1.54, 1.807) is 12.1 Å². The molecule has 7 nitrogen and oxygen atoms in total. The Hall–Kier alpha value is -1.85. The summed E-state index contributed by atoms with van der Waals surface area (Å²) in [5, 5.41) is 11.5. The maximum atomic E-state index is 11.1. The van der Waals surface area contributed by atoms with E-state index >= 15 is 0 Å². The molecule has 0 atom stereocenters. The van der Waals surface area contributed by atoms with Gasteiger partial charge in [0, 0.05) is 6.54 Å². The number of anilines is 2. The Labute approximate surface area is 99.7 Å². The molecule has 0 spiro atoms. The van der Waals surface area contributed by atoms with Gasteiger partial charge in [0.1, 0.15) is 11.9 Å². The number of sulfonamides is 1. The van der Waals surface area contributed by atoms with Crippen LogP contribution in [0.5, 0.6) is 0 Å². The number of hydrogen-bond donors (Lipinski definition) is 3. The first-order valence-electron chi connectivity index (χ1n) is 4.80. The molecule has 0 aliphatic rings. The minimum atomic E-state index is -3.24. The molecule has 17 heavy (non-hydrogen) atoms. The van der Waals surface area contributed by atoms with Gasteiger partial charge in [-0.2, -0.15) is 5.26 Å². The number of pyridine rings is 1. The monoisotopic (exact) mass is 255 g/mol. The molecule has 0 amide bonds. The highest BCUT2D eigenvalue weighted by atomic mass is 32.2. The average Bonchev–Trinajstić information content (AvgIpc) is 2.31. The first-order valence-corrected chi connectivity index (χ1v) is 6.45. The van der Waals surface area contributed by atoms with Crippen LogP contribution in [-0.2, 0) is 10.0 Å². The molecule has 0 fully saturated rings. The van der Waals surface area contributed by atoms with E-state index in [1.165, 1.54) is 7.05 Å². The van der Waals surface area contributed by atoms with Crippen molar-refractivity contribution >= 4 is 21.5 Å². The van der Waals surface area contributed by atoms with Gasteiger partial charge in [-0.05, 0) is 19.2 Å². The number of nitrogens with zero attached hydrogens (tertiary/aromatic N) is 2. The second-order valence-corrected chi connectivity index (χ2v) is 5.24. The molecule has 1 rings (SSSR count). The summed E-state index contributed by atoms with van der Waals surface area (Å²) in [5.74, 6) is 0.347. The maximum Gasteiger partial charge on any atom is 0.213 e. The largest absolute Gasteiger partial charge is 0.396 e. The van der Waals surface area contributed by atoms with E-state index in [-0.39, 0.29) is 18.0 Å². The van der Waals surface area contributed by atoms with Crippen molar-refractivity contribution in [3.63, 3.8) is 0 Å². The van der Waals surface area contributed by atoms with Gasteiger partial charge in [-0.3, -0.25) is 0 Å². The first kappa shape index (κ1) is 13.2. The summed E-state index contributed by atoms with van der Waals surface area (Å²) in [5.41, 5.74) is 5.91. The lowest BCUT2D eigenvalue weighted by Gasteiger charge is -2.06. The van der Waals surface area contributed by atoms with E-state index < -0.39 is 10.0 Å². The highest BCUT2D eigenvalue weighted by Crippen LogP contribution is 2.11. The quantitative estimate of drug-likeness (QED) is 0.652. The summed E-state index contributed by atoms with van der Waals surface area (Å²) < 4.78 is 24.4. The van der Waals surface area contributed by atoms with Crippen LogP contribution >= 0.6 is 0 Å². The van der Waals surface area contributed by atoms with Crippen LogP contribution in [0, 0.1) is 11.3 Å². The summed E-state index contributed by atoms with van der Waals surface area (Å²) in [7, 11) is -1.89. The van der Waals surface area contributed by atoms with Crippen LogP contribution in [-0.4, -0.2) is 32.7 Å². The molecule has 1 aromatic rings. The van der Waals surface area contributed by atoms with Gasteiger partial charge in [-0.15, -0.1) is 0 Å². The molecule has 1 aromatic heterocycles. The Morgan fingerprint density at radius 1 is 1.53 bits per heavy atom. The minimum Gasteiger partial charge on any atom is -0.396 e. The van der Waals surface area contributed by atoms with Crippen LogP contribution in [0.4, 0.5) is 11.5 Å². The zero-order valence-electron chi connectivity index (χ0n) is 9.27. The SMILES string of the molecule is CNS(=O)(=O)CCNc1ccc(N)c(C#N)n1. The van der Waals surface area contributed by atoms with Crippen molar-refractivity contribution in [3.8, 4) is 6.07 Å². The Balaban J connectivity index is 2.63. The molecular weight excluding hydrogens is 242 g/mol. The van der Waals surface area contributed by atoms with Crippen LogP contribution in [0.1, 0.15) is 5.69 Å². The fourth-order valence-corrected chi connectivity index (χ4v) is 1.65. The summed E-state index contributed by atoms with van der Waals surface area (Å²) >= 11 is 0. The van der Waals surface area contributed by atoms with Gasteiger partial charge in [0.05, 0.1) is 11.4 Å². The third-order valence-corrected chi connectivity index (χ3v) is 3.38. The fraction of sp³-hybridized carbons (Fsp3) is 0.333.